The largest absolute Gasteiger partial charge is 0.493 e. The van der Waals surface area contributed by atoms with Gasteiger partial charge in [0.2, 0.25) is 11.5 Å². The van der Waals surface area contributed by atoms with Crippen molar-refractivity contribution in [3.05, 3.63) is 29.8 Å². The summed E-state index contributed by atoms with van der Waals surface area (Å²) in [6.45, 7) is 1.55. The highest BCUT2D eigenvalue weighted by Crippen LogP contribution is 2.40. The Morgan fingerprint density at radius 2 is 1.14 bits per heavy atom. The third-order valence-corrected chi connectivity index (χ3v) is 4.92. The van der Waals surface area contributed by atoms with Gasteiger partial charge in [-0.15, -0.1) is 0 Å². The van der Waals surface area contributed by atoms with Gasteiger partial charge in [-0.3, -0.25) is 9.59 Å². The van der Waals surface area contributed by atoms with Crippen molar-refractivity contribution in [1.29, 1.82) is 0 Å². The quantitative estimate of drug-likeness (QED) is 0.329. The third-order valence-electron chi connectivity index (χ3n) is 4.92. The highest BCUT2D eigenvalue weighted by molar-refractivity contribution is 5.77. The number of carbonyl (C=O) groups is 2. The number of carboxylic acid groups (broad SMARTS) is 2. The molecule has 5 N–H and O–H groups in total. The van der Waals surface area contributed by atoms with Crippen LogP contribution in [0.15, 0.2) is 24.3 Å². The zero-order valence-corrected chi connectivity index (χ0v) is 21.4. The van der Waals surface area contributed by atoms with E-state index >= 15 is 0 Å². The number of nitrogens with one attached hydrogen (secondary N) is 1. The molecule has 0 radical (unpaired) electrons. The molecule has 12 nitrogen and oxygen atoms in total. The smallest absolute Gasteiger partial charge is 0.325 e. The molecular weight excluding hydrogens is 476 g/mol. The van der Waals surface area contributed by atoms with Crippen LogP contribution in [0.25, 0.3) is 0 Å². The van der Waals surface area contributed by atoms with Crippen LogP contribution in [-0.4, -0.2) is 76.9 Å². The van der Waals surface area contributed by atoms with E-state index in [1.807, 2.05) is 0 Å². The zero-order valence-electron chi connectivity index (χ0n) is 21.4. The fraction of sp³-hybridized carbons (Fsp3) is 0.417. The second-order valence-electron chi connectivity index (χ2n) is 7.30. The number of carboxylic acids is 2. The van der Waals surface area contributed by atoms with Gasteiger partial charge >= 0.3 is 11.9 Å². The SMILES string of the molecule is COc1cc(C[C@H](N)C(=O)O)cc(OC)c1OC.COc1cc(N[C@@H](C)C(=O)O)cc(OC)c1OC. The van der Waals surface area contributed by atoms with Crippen LogP contribution in [0.2, 0.25) is 0 Å². The minimum absolute atomic E-state index is 0.187. The van der Waals surface area contributed by atoms with Crippen LogP contribution >= 0.6 is 0 Å². The molecule has 0 unspecified atom stereocenters. The van der Waals surface area contributed by atoms with E-state index in [1.165, 1.54) is 42.7 Å². The van der Waals surface area contributed by atoms with Crippen molar-refractivity contribution in [3.63, 3.8) is 0 Å². The molecule has 0 saturated carbocycles. The first-order chi connectivity index (χ1) is 17.1. The Morgan fingerprint density at radius 3 is 1.44 bits per heavy atom. The fourth-order valence-electron chi connectivity index (χ4n) is 3.07. The topological polar surface area (TPSA) is 168 Å². The summed E-state index contributed by atoms with van der Waals surface area (Å²) in [5.41, 5.74) is 6.78. The molecule has 2 aromatic rings. The maximum Gasteiger partial charge on any atom is 0.325 e. The van der Waals surface area contributed by atoms with Gasteiger partial charge < -0.3 is 49.7 Å². The van der Waals surface area contributed by atoms with Crippen molar-refractivity contribution in [1.82, 2.24) is 0 Å². The van der Waals surface area contributed by atoms with Crippen molar-refractivity contribution in [2.75, 3.05) is 48.0 Å². The monoisotopic (exact) mass is 510 g/mol. The van der Waals surface area contributed by atoms with Gasteiger partial charge in [-0.1, -0.05) is 0 Å². The third kappa shape index (κ3) is 8.01. The Labute approximate surface area is 209 Å². The molecule has 0 saturated heterocycles. The number of methoxy groups -OCH3 is 6. The fourth-order valence-corrected chi connectivity index (χ4v) is 3.07. The summed E-state index contributed by atoms with van der Waals surface area (Å²) in [6, 6.07) is 5.00. The van der Waals surface area contributed by atoms with Crippen LogP contribution in [0.3, 0.4) is 0 Å². The molecule has 2 aromatic carbocycles. The Bertz CT molecular complexity index is 896. The van der Waals surface area contributed by atoms with E-state index in [0.717, 1.165) is 0 Å². The lowest BCUT2D eigenvalue weighted by Gasteiger charge is -2.16. The lowest BCUT2D eigenvalue weighted by Crippen LogP contribution is -2.32. The Balaban J connectivity index is 0.000000360. The Hall–Kier alpha value is -4.06. The lowest BCUT2D eigenvalue weighted by molar-refractivity contribution is -0.139. The Kier molecular flexibility index (Phi) is 12.0. The van der Waals surface area contributed by atoms with E-state index in [0.29, 0.717) is 45.7 Å². The van der Waals surface area contributed by atoms with Gasteiger partial charge in [-0.2, -0.15) is 0 Å². The van der Waals surface area contributed by atoms with Gasteiger partial charge in [-0.05, 0) is 31.0 Å². The van der Waals surface area contributed by atoms with E-state index in [-0.39, 0.29) is 6.42 Å². The van der Waals surface area contributed by atoms with Gasteiger partial charge in [-0.25, -0.2) is 0 Å². The van der Waals surface area contributed by atoms with Gasteiger partial charge in [0.1, 0.15) is 12.1 Å². The molecule has 36 heavy (non-hydrogen) atoms. The van der Waals surface area contributed by atoms with E-state index in [9.17, 15) is 9.59 Å². The summed E-state index contributed by atoms with van der Waals surface area (Å²) < 4.78 is 31.0. The highest BCUT2D eigenvalue weighted by atomic mass is 16.5. The van der Waals surface area contributed by atoms with Gasteiger partial charge in [0.25, 0.3) is 0 Å². The summed E-state index contributed by atoms with van der Waals surface area (Å²) >= 11 is 0. The molecule has 0 heterocycles. The second-order valence-corrected chi connectivity index (χ2v) is 7.30. The van der Waals surface area contributed by atoms with Crippen LogP contribution in [-0.2, 0) is 16.0 Å². The minimum Gasteiger partial charge on any atom is -0.493 e. The molecule has 0 bridgehead atoms. The van der Waals surface area contributed by atoms with Crippen LogP contribution in [0.1, 0.15) is 12.5 Å². The average molecular weight is 511 g/mol. The molecule has 200 valence electrons. The van der Waals surface area contributed by atoms with Gasteiger partial charge in [0, 0.05) is 17.8 Å². The molecule has 2 rings (SSSR count). The predicted molar refractivity (Wildman–Crippen MR) is 132 cm³/mol. The van der Waals surface area contributed by atoms with E-state index in [4.69, 9.17) is 44.4 Å². The number of hydrogen-bond donors (Lipinski definition) is 4. The maximum atomic E-state index is 10.8. The molecular formula is C24H34N2O10. The van der Waals surface area contributed by atoms with Crippen molar-refractivity contribution in [2.24, 2.45) is 5.73 Å². The van der Waals surface area contributed by atoms with E-state index in [2.05, 4.69) is 5.32 Å². The first-order valence-electron chi connectivity index (χ1n) is 10.6. The maximum absolute atomic E-state index is 10.8. The van der Waals surface area contributed by atoms with Crippen LogP contribution in [0, 0.1) is 0 Å². The van der Waals surface area contributed by atoms with E-state index < -0.39 is 24.0 Å². The van der Waals surface area contributed by atoms with Crippen molar-refractivity contribution in [2.45, 2.75) is 25.4 Å². The number of anilines is 1. The minimum atomic E-state index is -1.05. The number of aliphatic carboxylic acids is 2. The number of nitrogens with two attached hydrogens (primary N) is 1. The standard InChI is InChI=1S/2C12H17NO5/c1-16-9-5-7(4-8(13)12(14)15)6-10(17-2)11(9)18-3;1-7(12(14)15)13-8-5-9(16-2)11(18-4)10(6-8)17-3/h5-6,8H,4,13H2,1-3H3,(H,14,15);5-7,13H,1-4H3,(H,14,15)/t8-;7-/m00/s1. The van der Waals surface area contributed by atoms with Crippen LogP contribution in [0.4, 0.5) is 5.69 Å². The number of rotatable bonds is 12. The zero-order chi connectivity index (χ0) is 27.4. The number of benzene rings is 2. The van der Waals surface area contributed by atoms with Crippen molar-refractivity contribution < 1.29 is 48.2 Å². The van der Waals surface area contributed by atoms with Crippen LogP contribution in [0.5, 0.6) is 34.5 Å². The molecule has 0 aliphatic rings. The van der Waals surface area contributed by atoms with Crippen molar-refractivity contribution >= 4 is 17.6 Å². The van der Waals surface area contributed by atoms with E-state index in [1.54, 1.807) is 31.2 Å². The summed E-state index contributed by atoms with van der Waals surface area (Å²) in [6.07, 6.45) is 0.187. The number of hydrogen-bond acceptors (Lipinski definition) is 10. The summed E-state index contributed by atoms with van der Waals surface area (Å²) in [7, 11) is 9.01. The highest BCUT2D eigenvalue weighted by Gasteiger charge is 2.18. The molecule has 0 amide bonds. The first kappa shape index (κ1) is 30.0. The molecule has 12 heteroatoms. The van der Waals surface area contributed by atoms with Crippen molar-refractivity contribution in [3.8, 4) is 34.5 Å². The molecule has 0 spiro atoms. The summed E-state index contributed by atoms with van der Waals surface area (Å²) in [4.78, 5) is 21.5. The Morgan fingerprint density at radius 1 is 0.750 bits per heavy atom. The summed E-state index contributed by atoms with van der Waals surface area (Å²) in [5, 5.41) is 20.5. The first-order valence-corrected chi connectivity index (χ1v) is 10.6. The molecule has 2 atom stereocenters. The average Bonchev–Trinajstić information content (AvgIpc) is 2.87. The summed E-state index contributed by atoms with van der Waals surface area (Å²) in [5.74, 6) is 0.830. The van der Waals surface area contributed by atoms with Crippen LogP contribution < -0.4 is 39.5 Å². The normalized spacial score (nSPS) is 11.7. The molecule has 0 aromatic heterocycles. The molecule has 0 fully saturated rings. The molecule has 0 aliphatic carbocycles. The predicted octanol–water partition coefficient (Wildman–Crippen LogP) is 2.26. The van der Waals surface area contributed by atoms with Gasteiger partial charge in [0.05, 0.1) is 42.7 Å². The number of ether oxygens (including phenoxy) is 6. The van der Waals surface area contributed by atoms with Gasteiger partial charge in [0.15, 0.2) is 23.0 Å². The lowest BCUT2D eigenvalue weighted by atomic mass is 10.1. The molecule has 0 aliphatic heterocycles. The second kappa shape index (κ2) is 14.4.